The second-order valence-corrected chi connectivity index (χ2v) is 7.23. The van der Waals surface area contributed by atoms with E-state index in [0.29, 0.717) is 29.9 Å². The highest BCUT2D eigenvalue weighted by Gasteiger charge is 2.14. The van der Waals surface area contributed by atoms with Crippen molar-refractivity contribution in [1.82, 2.24) is 14.5 Å². The SMILES string of the molecule is O=C(CCn1ccnc1)Nc1cccc(C(=O)Nc2ccc(N3CCCC3)nc2)c1. The molecule has 2 N–H and O–H groups in total. The van der Waals surface area contributed by atoms with Crippen LogP contribution in [0.5, 0.6) is 0 Å². The predicted octanol–water partition coefficient (Wildman–Crippen LogP) is 3.16. The van der Waals surface area contributed by atoms with Gasteiger partial charge in [0.05, 0.1) is 18.2 Å². The molecule has 154 valence electrons. The van der Waals surface area contributed by atoms with E-state index in [4.69, 9.17) is 0 Å². The largest absolute Gasteiger partial charge is 0.357 e. The van der Waals surface area contributed by atoms with Crippen molar-refractivity contribution in [3.63, 3.8) is 0 Å². The number of hydrogen-bond acceptors (Lipinski definition) is 5. The van der Waals surface area contributed by atoms with E-state index in [1.807, 2.05) is 22.9 Å². The molecule has 0 spiro atoms. The first-order valence-electron chi connectivity index (χ1n) is 10.1. The number of pyridine rings is 1. The topological polar surface area (TPSA) is 92.1 Å². The Balaban J connectivity index is 1.33. The maximum Gasteiger partial charge on any atom is 0.255 e. The fourth-order valence-electron chi connectivity index (χ4n) is 3.41. The minimum atomic E-state index is -0.250. The lowest BCUT2D eigenvalue weighted by Crippen LogP contribution is -2.19. The molecule has 8 nitrogen and oxygen atoms in total. The van der Waals surface area contributed by atoms with E-state index < -0.39 is 0 Å². The minimum absolute atomic E-state index is 0.122. The van der Waals surface area contributed by atoms with Gasteiger partial charge in [-0.2, -0.15) is 0 Å². The summed E-state index contributed by atoms with van der Waals surface area (Å²) in [4.78, 5) is 35.4. The number of imidazole rings is 1. The van der Waals surface area contributed by atoms with E-state index in [-0.39, 0.29) is 11.8 Å². The Morgan fingerprint density at radius 1 is 1.03 bits per heavy atom. The zero-order valence-corrected chi connectivity index (χ0v) is 16.6. The van der Waals surface area contributed by atoms with Crippen LogP contribution in [0.3, 0.4) is 0 Å². The Bertz CT molecular complexity index is 995. The molecule has 3 heterocycles. The molecule has 1 aromatic carbocycles. The molecular weight excluding hydrogens is 380 g/mol. The second kappa shape index (κ2) is 9.21. The van der Waals surface area contributed by atoms with Gasteiger partial charge in [-0.05, 0) is 43.2 Å². The van der Waals surface area contributed by atoms with Crippen molar-refractivity contribution in [1.29, 1.82) is 0 Å². The smallest absolute Gasteiger partial charge is 0.255 e. The molecule has 3 aromatic rings. The molecular formula is C22H24N6O2. The van der Waals surface area contributed by atoms with Crippen LogP contribution in [0.15, 0.2) is 61.3 Å². The van der Waals surface area contributed by atoms with Gasteiger partial charge < -0.3 is 20.1 Å². The van der Waals surface area contributed by atoms with Gasteiger partial charge >= 0.3 is 0 Å². The Kier molecular flexibility index (Phi) is 6.03. The molecule has 2 aromatic heterocycles. The van der Waals surface area contributed by atoms with E-state index in [0.717, 1.165) is 18.9 Å². The van der Waals surface area contributed by atoms with Gasteiger partial charge in [-0.25, -0.2) is 9.97 Å². The van der Waals surface area contributed by atoms with Crippen molar-refractivity contribution in [3.05, 3.63) is 66.9 Å². The van der Waals surface area contributed by atoms with Gasteiger partial charge in [0.2, 0.25) is 5.91 Å². The van der Waals surface area contributed by atoms with Gasteiger partial charge in [0, 0.05) is 49.7 Å². The van der Waals surface area contributed by atoms with Gasteiger partial charge in [0.1, 0.15) is 5.82 Å². The maximum absolute atomic E-state index is 12.6. The van der Waals surface area contributed by atoms with Crippen LogP contribution in [-0.4, -0.2) is 39.4 Å². The van der Waals surface area contributed by atoms with Crippen LogP contribution in [0.2, 0.25) is 0 Å². The summed E-state index contributed by atoms with van der Waals surface area (Å²) in [6.07, 6.45) is 9.54. The number of anilines is 3. The molecule has 0 unspecified atom stereocenters. The minimum Gasteiger partial charge on any atom is -0.357 e. The van der Waals surface area contributed by atoms with Gasteiger partial charge in [0.25, 0.3) is 5.91 Å². The van der Waals surface area contributed by atoms with Crippen molar-refractivity contribution in [2.75, 3.05) is 28.6 Å². The molecule has 0 bridgehead atoms. The Labute approximate surface area is 175 Å². The van der Waals surface area contributed by atoms with Crippen molar-refractivity contribution >= 4 is 29.0 Å². The lowest BCUT2D eigenvalue weighted by molar-refractivity contribution is -0.116. The summed E-state index contributed by atoms with van der Waals surface area (Å²) in [6, 6.07) is 10.7. The van der Waals surface area contributed by atoms with Crippen LogP contribution in [0.1, 0.15) is 29.6 Å². The number of carbonyl (C=O) groups is 2. The standard InChI is InChI=1S/C22H24N6O2/c29-21(8-12-27-13-9-23-16-27)25-18-5-3-4-17(14-18)22(30)26-19-6-7-20(24-15-19)28-10-1-2-11-28/h3-7,9,13-16H,1-2,8,10-12H2,(H,25,29)(H,26,30). The van der Waals surface area contributed by atoms with E-state index in [2.05, 4.69) is 25.5 Å². The number of hydrogen-bond donors (Lipinski definition) is 2. The summed E-state index contributed by atoms with van der Waals surface area (Å²) in [5.74, 6) is 0.564. The molecule has 0 aliphatic carbocycles. The Hall–Kier alpha value is -3.68. The highest BCUT2D eigenvalue weighted by molar-refractivity contribution is 6.05. The highest BCUT2D eigenvalue weighted by Crippen LogP contribution is 2.20. The maximum atomic E-state index is 12.6. The monoisotopic (exact) mass is 404 g/mol. The summed E-state index contributed by atoms with van der Waals surface area (Å²) in [5, 5.41) is 5.69. The first-order chi connectivity index (χ1) is 14.7. The average Bonchev–Trinajstić information content (AvgIpc) is 3.47. The summed E-state index contributed by atoms with van der Waals surface area (Å²) >= 11 is 0. The quantitative estimate of drug-likeness (QED) is 0.631. The third-order valence-electron chi connectivity index (χ3n) is 5.00. The van der Waals surface area contributed by atoms with Gasteiger partial charge in [-0.15, -0.1) is 0 Å². The van der Waals surface area contributed by atoms with Crippen molar-refractivity contribution in [2.45, 2.75) is 25.8 Å². The zero-order valence-electron chi connectivity index (χ0n) is 16.6. The first kappa shape index (κ1) is 19.6. The van der Waals surface area contributed by atoms with Crippen molar-refractivity contribution in [2.24, 2.45) is 0 Å². The summed E-state index contributed by atoms with van der Waals surface area (Å²) < 4.78 is 1.84. The third kappa shape index (κ3) is 5.02. The van der Waals surface area contributed by atoms with Gasteiger partial charge in [-0.3, -0.25) is 9.59 Å². The summed E-state index contributed by atoms with van der Waals surface area (Å²) in [5.41, 5.74) is 1.68. The summed E-state index contributed by atoms with van der Waals surface area (Å²) in [7, 11) is 0. The molecule has 0 radical (unpaired) electrons. The van der Waals surface area contributed by atoms with Crippen LogP contribution < -0.4 is 15.5 Å². The van der Waals surface area contributed by atoms with Crippen LogP contribution in [0, 0.1) is 0 Å². The van der Waals surface area contributed by atoms with Crippen molar-refractivity contribution < 1.29 is 9.59 Å². The Morgan fingerprint density at radius 3 is 2.63 bits per heavy atom. The number of aryl methyl sites for hydroxylation is 1. The number of nitrogens with one attached hydrogen (secondary N) is 2. The number of carbonyl (C=O) groups excluding carboxylic acids is 2. The zero-order chi connectivity index (χ0) is 20.8. The fourth-order valence-corrected chi connectivity index (χ4v) is 3.41. The van der Waals surface area contributed by atoms with Crippen LogP contribution in [0.4, 0.5) is 17.2 Å². The molecule has 4 rings (SSSR count). The summed E-state index contributed by atoms with van der Waals surface area (Å²) in [6.45, 7) is 2.60. The molecule has 1 saturated heterocycles. The number of benzene rings is 1. The van der Waals surface area contributed by atoms with E-state index in [9.17, 15) is 9.59 Å². The van der Waals surface area contributed by atoms with Gasteiger partial charge in [0.15, 0.2) is 0 Å². The molecule has 8 heteroatoms. The molecule has 0 atom stereocenters. The lowest BCUT2D eigenvalue weighted by atomic mass is 10.2. The molecule has 0 saturated carbocycles. The molecule has 2 amide bonds. The number of nitrogens with zero attached hydrogens (tertiary/aromatic N) is 4. The molecule has 1 aliphatic heterocycles. The first-order valence-corrected chi connectivity index (χ1v) is 10.1. The predicted molar refractivity (Wildman–Crippen MR) is 116 cm³/mol. The van der Waals surface area contributed by atoms with E-state index >= 15 is 0 Å². The number of aromatic nitrogens is 3. The Morgan fingerprint density at radius 2 is 1.90 bits per heavy atom. The van der Waals surface area contributed by atoms with E-state index in [1.54, 1.807) is 43.0 Å². The molecule has 1 fully saturated rings. The fraction of sp³-hybridized carbons (Fsp3) is 0.273. The van der Waals surface area contributed by atoms with Crippen LogP contribution in [-0.2, 0) is 11.3 Å². The molecule has 1 aliphatic rings. The van der Waals surface area contributed by atoms with Crippen molar-refractivity contribution in [3.8, 4) is 0 Å². The molecule has 30 heavy (non-hydrogen) atoms. The normalized spacial score (nSPS) is 13.3. The highest BCUT2D eigenvalue weighted by atomic mass is 16.2. The lowest BCUT2D eigenvalue weighted by Gasteiger charge is -2.16. The van der Waals surface area contributed by atoms with Crippen LogP contribution in [0.25, 0.3) is 0 Å². The third-order valence-corrected chi connectivity index (χ3v) is 5.00. The van der Waals surface area contributed by atoms with Crippen LogP contribution >= 0.6 is 0 Å². The average molecular weight is 404 g/mol. The number of amides is 2. The second-order valence-electron chi connectivity index (χ2n) is 7.23. The van der Waals surface area contributed by atoms with E-state index in [1.165, 1.54) is 12.8 Å². The number of rotatable bonds is 7. The van der Waals surface area contributed by atoms with Gasteiger partial charge in [-0.1, -0.05) is 6.07 Å².